The first-order valence-electron chi connectivity index (χ1n) is 3.30. The Bertz CT molecular complexity index is 210. The van der Waals surface area contributed by atoms with E-state index in [-0.39, 0.29) is 0 Å². The van der Waals surface area contributed by atoms with Crippen LogP contribution < -0.4 is 5.73 Å². The van der Waals surface area contributed by atoms with Crippen LogP contribution in [0.3, 0.4) is 0 Å². The van der Waals surface area contributed by atoms with Crippen molar-refractivity contribution in [1.29, 1.82) is 0 Å². The van der Waals surface area contributed by atoms with Gasteiger partial charge in [0.25, 0.3) is 0 Å². The molecule has 2 heteroatoms. The molecule has 0 unspecified atom stereocenters. The second kappa shape index (κ2) is 1.53. The molecule has 1 fully saturated rings. The number of aromatic amines is 1. The second-order valence-corrected chi connectivity index (χ2v) is 2.64. The third-order valence-corrected chi connectivity index (χ3v) is 1.75. The van der Waals surface area contributed by atoms with Gasteiger partial charge in [-0.3, -0.25) is 0 Å². The molecule has 0 amide bonds. The summed E-state index contributed by atoms with van der Waals surface area (Å²) in [7, 11) is 0. The van der Waals surface area contributed by atoms with Crippen molar-refractivity contribution in [3.05, 3.63) is 17.8 Å². The summed E-state index contributed by atoms with van der Waals surface area (Å²) in [6.45, 7) is 0. The highest BCUT2D eigenvalue weighted by atomic mass is 14.9. The minimum Gasteiger partial charge on any atom is -0.385 e. The molecule has 1 aliphatic rings. The summed E-state index contributed by atoms with van der Waals surface area (Å²) in [5, 5.41) is 0. The predicted molar refractivity (Wildman–Crippen MR) is 37.2 cm³/mol. The lowest BCUT2D eigenvalue weighted by molar-refractivity contribution is 1.05. The van der Waals surface area contributed by atoms with Gasteiger partial charge >= 0.3 is 0 Å². The molecule has 0 atom stereocenters. The van der Waals surface area contributed by atoms with Gasteiger partial charge < -0.3 is 10.7 Å². The maximum atomic E-state index is 5.49. The minimum atomic E-state index is 0.789. The van der Waals surface area contributed by atoms with E-state index in [4.69, 9.17) is 5.73 Å². The molecule has 0 bridgehead atoms. The first kappa shape index (κ1) is 4.91. The van der Waals surface area contributed by atoms with Crippen molar-refractivity contribution in [3.63, 3.8) is 0 Å². The van der Waals surface area contributed by atoms with Crippen LogP contribution in [-0.2, 0) is 0 Å². The number of nitrogens with one attached hydrogen (secondary N) is 1. The number of H-pyrrole nitrogens is 1. The molecule has 1 aromatic heterocycles. The quantitative estimate of drug-likeness (QED) is 0.582. The Morgan fingerprint density at radius 3 is 2.67 bits per heavy atom. The number of anilines is 1. The Hall–Kier alpha value is -0.920. The van der Waals surface area contributed by atoms with E-state index >= 15 is 0 Å². The number of nitrogen functional groups attached to an aromatic ring is 1. The monoisotopic (exact) mass is 122 g/mol. The van der Waals surface area contributed by atoms with Gasteiger partial charge in [-0.1, -0.05) is 0 Å². The first-order valence-corrected chi connectivity index (χ1v) is 3.30. The zero-order valence-corrected chi connectivity index (χ0v) is 5.22. The van der Waals surface area contributed by atoms with Crippen molar-refractivity contribution in [2.45, 2.75) is 18.8 Å². The van der Waals surface area contributed by atoms with Crippen molar-refractivity contribution in [1.82, 2.24) is 4.98 Å². The predicted octanol–water partition coefficient (Wildman–Crippen LogP) is 1.47. The normalized spacial score (nSPS) is 18.2. The van der Waals surface area contributed by atoms with Gasteiger partial charge in [-0.25, -0.2) is 0 Å². The summed E-state index contributed by atoms with van der Waals surface area (Å²) >= 11 is 0. The van der Waals surface area contributed by atoms with Crippen molar-refractivity contribution in [2.75, 3.05) is 5.73 Å². The van der Waals surface area contributed by atoms with Crippen LogP contribution in [-0.4, -0.2) is 4.98 Å². The molecule has 1 heterocycles. The van der Waals surface area contributed by atoms with E-state index in [1.165, 1.54) is 18.5 Å². The standard InChI is InChI=1S/C7H10N2/c8-7-4-3-6(9-7)5-1-2-5/h3-5,9H,1-2,8H2. The van der Waals surface area contributed by atoms with Crippen molar-refractivity contribution in [2.24, 2.45) is 0 Å². The molecule has 0 spiro atoms. The maximum absolute atomic E-state index is 5.49. The summed E-state index contributed by atoms with van der Waals surface area (Å²) in [6, 6.07) is 4.00. The fourth-order valence-corrected chi connectivity index (χ4v) is 1.06. The highest BCUT2D eigenvalue weighted by Crippen LogP contribution is 2.39. The molecule has 48 valence electrons. The number of aromatic nitrogens is 1. The van der Waals surface area contributed by atoms with E-state index in [1.54, 1.807) is 0 Å². The summed E-state index contributed by atoms with van der Waals surface area (Å²) in [5.74, 6) is 1.58. The average molecular weight is 122 g/mol. The Morgan fingerprint density at radius 2 is 2.22 bits per heavy atom. The van der Waals surface area contributed by atoms with Gasteiger partial charge in [0.15, 0.2) is 0 Å². The van der Waals surface area contributed by atoms with Gasteiger partial charge in [-0.15, -0.1) is 0 Å². The zero-order chi connectivity index (χ0) is 6.27. The summed E-state index contributed by atoms with van der Waals surface area (Å²) in [5.41, 5.74) is 6.80. The Labute approximate surface area is 54.1 Å². The van der Waals surface area contributed by atoms with E-state index in [2.05, 4.69) is 11.1 Å². The minimum absolute atomic E-state index is 0.789. The van der Waals surface area contributed by atoms with E-state index < -0.39 is 0 Å². The summed E-state index contributed by atoms with van der Waals surface area (Å²) < 4.78 is 0. The van der Waals surface area contributed by atoms with Gasteiger partial charge in [0, 0.05) is 5.69 Å². The molecule has 1 aromatic rings. The highest BCUT2D eigenvalue weighted by Gasteiger charge is 2.24. The molecule has 2 nitrogen and oxygen atoms in total. The van der Waals surface area contributed by atoms with Gasteiger partial charge in [-0.2, -0.15) is 0 Å². The van der Waals surface area contributed by atoms with E-state index in [0.29, 0.717) is 0 Å². The van der Waals surface area contributed by atoms with Crippen molar-refractivity contribution < 1.29 is 0 Å². The summed E-state index contributed by atoms with van der Waals surface area (Å²) in [6.07, 6.45) is 2.67. The van der Waals surface area contributed by atoms with Gasteiger partial charge in [0.2, 0.25) is 0 Å². The van der Waals surface area contributed by atoms with E-state index in [0.717, 1.165) is 11.7 Å². The smallest absolute Gasteiger partial charge is 0.100 e. The van der Waals surface area contributed by atoms with Gasteiger partial charge in [-0.05, 0) is 30.9 Å². The molecule has 3 N–H and O–H groups in total. The fourth-order valence-electron chi connectivity index (χ4n) is 1.06. The first-order chi connectivity index (χ1) is 4.36. The molecule has 0 aliphatic heterocycles. The molecule has 0 radical (unpaired) electrons. The molecule has 0 aromatic carbocycles. The molecular weight excluding hydrogens is 112 g/mol. The van der Waals surface area contributed by atoms with Crippen LogP contribution in [0.15, 0.2) is 12.1 Å². The molecule has 0 saturated heterocycles. The van der Waals surface area contributed by atoms with Crippen LogP contribution >= 0.6 is 0 Å². The number of rotatable bonds is 1. The van der Waals surface area contributed by atoms with Gasteiger partial charge in [0.05, 0.1) is 0 Å². The topological polar surface area (TPSA) is 41.8 Å². The Morgan fingerprint density at radius 1 is 1.44 bits per heavy atom. The van der Waals surface area contributed by atoms with Crippen LogP contribution in [0.25, 0.3) is 0 Å². The highest BCUT2D eigenvalue weighted by molar-refractivity contribution is 5.33. The van der Waals surface area contributed by atoms with E-state index in [9.17, 15) is 0 Å². The Balaban J connectivity index is 2.28. The molecule has 1 saturated carbocycles. The van der Waals surface area contributed by atoms with Crippen LogP contribution in [0.5, 0.6) is 0 Å². The average Bonchev–Trinajstić information content (AvgIpc) is 2.58. The summed E-state index contributed by atoms with van der Waals surface area (Å²) in [4.78, 5) is 3.12. The third-order valence-electron chi connectivity index (χ3n) is 1.75. The third kappa shape index (κ3) is 0.803. The lowest BCUT2D eigenvalue weighted by atomic mass is 10.3. The number of hydrogen-bond acceptors (Lipinski definition) is 1. The van der Waals surface area contributed by atoms with Gasteiger partial charge in [0.1, 0.15) is 5.82 Å². The van der Waals surface area contributed by atoms with Crippen molar-refractivity contribution >= 4 is 5.82 Å². The van der Waals surface area contributed by atoms with Crippen LogP contribution in [0.2, 0.25) is 0 Å². The second-order valence-electron chi connectivity index (χ2n) is 2.64. The van der Waals surface area contributed by atoms with Crippen molar-refractivity contribution in [3.8, 4) is 0 Å². The molecule has 1 aliphatic carbocycles. The molecule has 9 heavy (non-hydrogen) atoms. The number of nitrogens with two attached hydrogens (primary N) is 1. The van der Waals surface area contributed by atoms with Crippen LogP contribution in [0, 0.1) is 0 Å². The SMILES string of the molecule is Nc1ccc(C2CC2)[nH]1. The largest absolute Gasteiger partial charge is 0.385 e. The number of hydrogen-bond donors (Lipinski definition) is 2. The lowest BCUT2D eigenvalue weighted by Crippen LogP contribution is -1.83. The zero-order valence-electron chi connectivity index (χ0n) is 5.22. The van der Waals surface area contributed by atoms with Crippen LogP contribution in [0.1, 0.15) is 24.5 Å². The molecule has 2 rings (SSSR count). The maximum Gasteiger partial charge on any atom is 0.100 e. The Kier molecular flexibility index (Phi) is 0.835. The lowest BCUT2D eigenvalue weighted by Gasteiger charge is -1.87. The van der Waals surface area contributed by atoms with E-state index in [1.807, 2.05) is 6.07 Å². The molecular formula is C7H10N2. The fraction of sp³-hybridized carbons (Fsp3) is 0.429. The van der Waals surface area contributed by atoms with Crippen LogP contribution in [0.4, 0.5) is 5.82 Å².